The molecular weight excluding hydrogens is 416 g/mol. The Kier molecular flexibility index (Phi) is 4.49. The summed E-state index contributed by atoms with van der Waals surface area (Å²) in [5.74, 6) is 0.674. The van der Waals surface area contributed by atoms with Crippen LogP contribution in [-0.2, 0) is 16.6 Å². The Labute approximate surface area is 178 Å². The maximum Gasteiger partial charge on any atom is 0.322 e. The van der Waals surface area contributed by atoms with Crippen LogP contribution in [0.3, 0.4) is 0 Å². The molecule has 0 aliphatic heterocycles. The van der Waals surface area contributed by atoms with Gasteiger partial charge in [0.2, 0.25) is 0 Å². The molecule has 5 rings (SSSR count). The molecule has 10 nitrogen and oxygen atoms in total. The lowest BCUT2D eigenvalue weighted by molar-refractivity contribution is 0.504. The molecule has 4 aromatic heterocycles. The number of pyridine rings is 1. The fourth-order valence-corrected chi connectivity index (χ4v) is 3.99. The van der Waals surface area contributed by atoms with Gasteiger partial charge in [0, 0.05) is 37.7 Å². The first-order valence-electron chi connectivity index (χ1n) is 9.45. The number of hydrogen-bond donors (Lipinski definition) is 0. The SMILES string of the molecule is CN(C)S(=O)(=O)n1cc(-c2ccc3nnc(Cc4ccc5ncccc5c4)n3n2)cn1. The van der Waals surface area contributed by atoms with E-state index in [1.165, 1.54) is 26.5 Å². The quantitative estimate of drug-likeness (QED) is 0.414. The molecule has 0 saturated heterocycles. The van der Waals surface area contributed by atoms with Crippen molar-refractivity contribution in [3.63, 3.8) is 0 Å². The molecule has 1 aromatic carbocycles. The van der Waals surface area contributed by atoms with E-state index in [9.17, 15) is 8.42 Å². The van der Waals surface area contributed by atoms with Gasteiger partial charge in [-0.1, -0.05) is 12.1 Å². The van der Waals surface area contributed by atoms with E-state index in [1.54, 1.807) is 22.8 Å². The van der Waals surface area contributed by atoms with Gasteiger partial charge in [-0.25, -0.2) is 0 Å². The normalized spacial score (nSPS) is 12.2. The van der Waals surface area contributed by atoms with Crippen LogP contribution in [0.15, 0.2) is 61.1 Å². The molecular formula is C20H18N8O2S. The predicted octanol–water partition coefficient (Wildman–Crippen LogP) is 1.78. The second kappa shape index (κ2) is 7.22. The van der Waals surface area contributed by atoms with Crippen molar-refractivity contribution in [2.45, 2.75) is 6.42 Å². The summed E-state index contributed by atoms with van der Waals surface area (Å²) < 4.78 is 28.2. The topological polar surface area (TPSA) is 111 Å². The molecule has 0 fully saturated rings. The van der Waals surface area contributed by atoms with Crippen molar-refractivity contribution in [1.29, 1.82) is 0 Å². The summed E-state index contributed by atoms with van der Waals surface area (Å²) in [5.41, 5.74) is 3.74. The lowest BCUT2D eigenvalue weighted by atomic mass is 10.1. The number of aromatic nitrogens is 7. The summed E-state index contributed by atoms with van der Waals surface area (Å²) in [6.45, 7) is 0. The first kappa shape index (κ1) is 19.3. The third kappa shape index (κ3) is 3.43. The highest BCUT2D eigenvalue weighted by molar-refractivity contribution is 7.87. The van der Waals surface area contributed by atoms with Crippen LogP contribution in [0.5, 0.6) is 0 Å². The first-order chi connectivity index (χ1) is 14.9. The van der Waals surface area contributed by atoms with Gasteiger partial charge < -0.3 is 0 Å². The van der Waals surface area contributed by atoms with E-state index in [0.717, 1.165) is 24.9 Å². The van der Waals surface area contributed by atoms with Gasteiger partial charge in [0.1, 0.15) is 0 Å². The monoisotopic (exact) mass is 434 g/mol. The molecule has 0 N–H and O–H groups in total. The fraction of sp³-hybridized carbons (Fsp3) is 0.150. The van der Waals surface area contributed by atoms with E-state index in [1.807, 2.05) is 24.3 Å². The second-order valence-corrected chi connectivity index (χ2v) is 9.20. The molecule has 31 heavy (non-hydrogen) atoms. The van der Waals surface area contributed by atoms with Crippen molar-refractivity contribution >= 4 is 26.8 Å². The van der Waals surface area contributed by atoms with E-state index in [2.05, 4.69) is 31.4 Å². The summed E-state index contributed by atoms with van der Waals surface area (Å²) in [4.78, 5) is 4.35. The maximum absolute atomic E-state index is 12.3. The Morgan fingerprint density at radius 1 is 1.06 bits per heavy atom. The van der Waals surface area contributed by atoms with Gasteiger partial charge in [0.05, 0.1) is 23.6 Å². The van der Waals surface area contributed by atoms with Crippen LogP contribution < -0.4 is 0 Å². The van der Waals surface area contributed by atoms with E-state index in [4.69, 9.17) is 0 Å². The third-order valence-electron chi connectivity index (χ3n) is 4.91. The van der Waals surface area contributed by atoms with Crippen LogP contribution in [0.2, 0.25) is 0 Å². The molecule has 0 spiro atoms. The Morgan fingerprint density at radius 3 is 2.77 bits per heavy atom. The zero-order chi connectivity index (χ0) is 21.6. The van der Waals surface area contributed by atoms with Crippen molar-refractivity contribution in [3.05, 3.63) is 72.4 Å². The highest BCUT2D eigenvalue weighted by Crippen LogP contribution is 2.20. The molecule has 0 bridgehead atoms. The fourth-order valence-electron chi connectivity index (χ4n) is 3.25. The predicted molar refractivity (Wildman–Crippen MR) is 115 cm³/mol. The van der Waals surface area contributed by atoms with Crippen LogP contribution >= 0.6 is 0 Å². The third-order valence-corrected chi connectivity index (χ3v) is 6.51. The maximum atomic E-state index is 12.3. The van der Waals surface area contributed by atoms with Crippen LogP contribution in [0.25, 0.3) is 27.8 Å². The highest BCUT2D eigenvalue weighted by Gasteiger charge is 2.18. The molecule has 0 aliphatic rings. The van der Waals surface area contributed by atoms with Crippen molar-refractivity contribution < 1.29 is 8.42 Å². The molecule has 156 valence electrons. The molecule has 4 heterocycles. The van der Waals surface area contributed by atoms with E-state index in [-0.39, 0.29) is 0 Å². The molecule has 0 aliphatic carbocycles. The van der Waals surface area contributed by atoms with Gasteiger partial charge in [0.25, 0.3) is 0 Å². The van der Waals surface area contributed by atoms with E-state index >= 15 is 0 Å². The van der Waals surface area contributed by atoms with Gasteiger partial charge in [-0.05, 0) is 35.9 Å². The number of hydrogen-bond acceptors (Lipinski definition) is 7. The van der Waals surface area contributed by atoms with Crippen LogP contribution in [-0.4, -0.2) is 60.8 Å². The van der Waals surface area contributed by atoms with Crippen molar-refractivity contribution in [3.8, 4) is 11.3 Å². The summed E-state index contributed by atoms with van der Waals surface area (Å²) in [6, 6.07) is 13.5. The average molecular weight is 434 g/mol. The number of fused-ring (bicyclic) bond motifs is 2. The molecule has 0 unspecified atom stereocenters. The smallest absolute Gasteiger partial charge is 0.256 e. The Bertz CT molecular complexity index is 1520. The van der Waals surface area contributed by atoms with Gasteiger partial charge in [-0.3, -0.25) is 4.98 Å². The van der Waals surface area contributed by atoms with Gasteiger partial charge in [0.15, 0.2) is 11.5 Å². The van der Waals surface area contributed by atoms with Gasteiger partial charge in [-0.15, -0.1) is 10.2 Å². The molecule has 0 radical (unpaired) electrons. The average Bonchev–Trinajstić information content (AvgIpc) is 3.41. The van der Waals surface area contributed by atoms with Gasteiger partial charge >= 0.3 is 10.2 Å². The minimum Gasteiger partial charge on any atom is -0.256 e. The lowest BCUT2D eigenvalue weighted by Crippen LogP contribution is -2.29. The summed E-state index contributed by atoms with van der Waals surface area (Å²) >= 11 is 0. The molecule has 0 saturated carbocycles. The minimum atomic E-state index is -3.69. The van der Waals surface area contributed by atoms with Crippen molar-refractivity contribution in [2.24, 2.45) is 0 Å². The zero-order valence-corrected chi connectivity index (χ0v) is 17.6. The Hall–Kier alpha value is -3.70. The minimum absolute atomic E-state index is 0.538. The summed E-state index contributed by atoms with van der Waals surface area (Å²) in [7, 11) is -0.785. The second-order valence-electron chi connectivity index (χ2n) is 7.20. The summed E-state index contributed by atoms with van der Waals surface area (Å²) in [5, 5.41) is 18.1. The van der Waals surface area contributed by atoms with Crippen LogP contribution in [0.1, 0.15) is 11.4 Å². The summed E-state index contributed by atoms with van der Waals surface area (Å²) in [6.07, 6.45) is 5.21. The Morgan fingerprint density at radius 2 is 1.94 bits per heavy atom. The highest BCUT2D eigenvalue weighted by atomic mass is 32.2. The largest absolute Gasteiger partial charge is 0.322 e. The van der Waals surface area contributed by atoms with Crippen molar-refractivity contribution in [1.82, 2.24) is 38.3 Å². The standard InChI is InChI=1S/C20H18N8O2S/c1-26(2)31(29,30)27-13-16(12-22-27)18-7-8-19-23-24-20(28(19)25-18)11-14-5-6-17-15(10-14)4-3-9-21-17/h3-10,12-13H,11H2,1-2H3. The van der Waals surface area contributed by atoms with Crippen LogP contribution in [0, 0.1) is 0 Å². The van der Waals surface area contributed by atoms with Gasteiger partial charge in [-0.2, -0.15) is 31.5 Å². The molecule has 5 aromatic rings. The Balaban J connectivity index is 1.50. The van der Waals surface area contributed by atoms with E-state index < -0.39 is 10.2 Å². The number of nitrogens with zero attached hydrogens (tertiary/aromatic N) is 8. The van der Waals surface area contributed by atoms with Crippen molar-refractivity contribution in [2.75, 3.05) is 14.1 Å². The van der Waals surface area contributed by atoms with Crippen LogP contribution in [0.4, 0.5) is 0 Å². The number of rotatable bonds is 5. The zero-order valence-electron chi connectivity index (χ0n) is 16.8. The molecule has 11 heteroatoms. The lowest BCUT2D eigenvalue weighted by Gasteiger charge is -2.09. The molecule has 0 atom stereocenters. The first-order valence-corrected chi connectivity index (χ1v) is 10.8. The number of benzene rings is 1. The van der Waals surface area contributed by atoms with E-state index in [0.29, 0.717) is 29.1 Å². The molecule has 0 amide bonds.